The van der Waals surface area contributed by atoms with Gasteiger partial charge in [-0.25, -0.2) is 0 Å². The highest BCUT2D eigenvalue weighted by atomic mass is 16.5. The van der Waals surface area contributed by atoms with Crippen LogP contribution in [0.2, 0.25) is 0 Å². The van der Waals surface area contributed by atoms with E-state index in [1.807, 2.05) is 19.2 Å². The Labute approximate surface area is 178 Å². The van der Waals surface area contributed by atoms with Crippen LogP contribution in [0.25, 0.3) is 0 Å². The van der Waals surface area contributed by atoms with Crippen molar-refractivity contribution in [3.8, 4) is 17.2 Å². The van der Waals surface area contributed by atoms with Gasteiger partial charge in [0.2, 0.25) is 0 Å². The summed E-state index contributed by atoms with van der Waals surface area (Å²) in [5.41, 5.74) is 3.70. The second-order valence-electron chi connectivity index (χ2n) is 7.03. The van der Waals surface area contributed by atoms with E-state index in [0.29, 0.717) is 19.8 Å². The summed E-state index contributed by atoms with van der Waals surface area (Å²) in [6.45, 7) is 3.50. The van der Waals surface area contributed by atoms with Crippen molar-refractivity contribution in [2.75, 3.05) is 48.1 Å². The Morgan fingerprint density at radius 2 is 1.70 bits per heavy atom. The highest BCUT2D eigenvalue weighted by Gasteiger charge is 2.21. The minimum Gasteiger partial charge on any atom is -0.493 e. The van der Waals surface area contributed by atoms with Crippen molar-refractivity contribution in [3.05, 3.63) is 53.1 Å². The molecule has 0 aliphatic carbocycles. The van der Waals surface area contributed by atoms with Crippen LogP contribution in [0.5, 0.6) is 17.2 Å². The van der Waals surface area contributed by atoms with Gasteiger partial charge in [0.25, 0.3) is 0 Å². The molecule has 162 valence electrons. The molecule has 7 heteroatoms. The van der Waals surface area contributed by atoms with Gasteiger partial charge in [-0.3, -0.25) is 4.99 Å². The molecular formula is C23H31N3O4. The standard InChI is InChI=1S/C23H31N3O4/c1-24-23(25-15-17-5-7-20(8-6-17)30-12-11-27-2)26-10-9-18-13-21(28-3)22(29-4)14-19(18)16-26/h5-8,13-14H,9-12,15-16H2,1-4H3,(H,24,25). The lowest BCUT2D eigenvalue weighted by molar-refractivity contribution is 0.146. The van der Waals surface area contributed by atoms with Crippen LogP contribution in [0.15, 0.2) is 41.4 Å². The molecular weight excluding hydrogens is 382 g/mol. The molecule has 0 saturated carbocycles. The first-order chi connectivity index (χ1) is 14.7. The maximum atomic E-state index is 5.62. The van der Waals surface area contributed by atoms with Gasteiger partial charge in [0.1, 0.15) is 12.4 Å². The predicted octanol–water partition coefficient (Wildman–Crippen LogP) is 2.86. The van der Waals surface area contributed by atoms with Crippen molar-refractivity contribution in [2.45, 2.75) is 19.5 Å². The van der Waals surface area contributed by atoms with Gasteiger partial charge in [0.05, 0.1) is 20.8 Å². The summed E-state index contributed by atoms with van der Waals surface area (Å²) in [6.07, 6.45) is 0.934. The summed E-state index contributed by atoms with van der Waals surface area (Å²) in [7, 11) is 6.82. The van der Waals surface area contributed by atoms with Gasteiger partial charge in [-0.1, -0.05) is 12.1 Å². The Morgan fingerprint density at radius 3 is 2.33 bits per heavy atom. The Balaban J connectivity index is 1.59. The van der Waals surface area contributed by atoms with Crippen molar-refractivity contribution >= 4 is 5.96 Å². The normalized spacial score (nSPS) is 13.6. The molecule has 30 heavy (non-hydrogen) atoms. The van der Waals surface area contributed by atoms with E-state index in [-0.39, 0.29) is 0 Å². The number of rotatable bonds is 8. The third kappa shape index (κ3) is 5.36. The van der Waals surface area contributed by atoms with Crippen molar-refractivity contribution < 1.29 is 18.9 Å². The number of nitrogens with zero attached hydrogens (tertiary/aromatic N) is 2. The average molecular weight is 414 g/mol. The van der Waals surface area contributed by atoms with Gasteiger partial charge in [-0.2, -0.15) is 0 Å². The van der Waals surface area contributed by atoms with E-state index in [9.17, 15) is 0 Å². The highest BCUT2D eigenvalue weighted by molar-refractivity contribution is 5.80. The lowest BCUT2D eigenvalue weighted by Crippen LogP contribution is -2.43. The van der Waals surface area contributed by atoms with Gasteiger partial charge in [-0.05, 0) is 47.4 Å². The fraction of sp³-hybridized carbons (Fsp3) is 0.435. The molecule has 2 aromatic rings. The largest absolute Gasteiger partial charge is 0.493 e. The molecule has 3 rings (SSSR count). The molecule has 1 aliphatic rings. The van der Waals surface area contributed by atoms with Crippen molar-refractivity contribution in [3.63, 3.8) is 0 Å². The number of methoxy groups -OCH3 is 3. The second-order valence-corrected chi connectivity index (χ2v) is 7.03. The third-order valence-electron chi connectivity index (χ3n) is 5.16. The summed E-state index contributed by atoms with van der Waals surface area (Å²) in [6, 6.07) is 12.2. The number of hydrogen-bond donors (Lipinski definition) is 1. The van der Waals surface area contributed by atoms with Gasteiger partial charge >= 0.3 is 0 Å². The van der Waals surface area contributed by atoms with E-state index in [1.165, 1.54) is 16.7 Å². The van der Waals surface area contributed by atoms with E-state index < -0.39 is 0 Å². The van der Waals surface area contributed by atoms with Crippen molar-refractivity contribution in [1.29, 1.82) is 0 Å². The molecule has 0 fully saturated rings. The lowest BCUT2D eigenvalue weighted by atomic mass is 9.99. The SMILES string of the molecule is CN=C(NCc1ccc(OCCOC)cc1)N1CCc2cc(OC)c(OC)cc2C1. The monoisotopic (exact) mass is 413 g/mol. The van der Waals surface area contributed by atoms with Crippen LogP contribution in [-0.4, -0.2) is 59.0 Å². The number of aliphatic imine (C=N–C) groups is 1. The van der Waals surface area contributed by atoms with Crippen LogP contribution in [-0.2, 0) is 24.2 Å². The van der Waals surface area contributed by atoms with E-state index in [4.69, 9.17) is 18.9 Å². The topological polar surface area (TPSA) is 64.6 Å². The summed E-state index contributed by atoms with van der Waals surface area (Å²) < 4.78 is 21.5. The highest BCUT2D eigenvalue weighted by Crippen LogP contribution is 2.33. The quantitative estimate of drug-likeness (QED) is 0.408. The van der Waals surface area contributed by atoms with Gasteiger partial charge in [0.15, 0.2) is 17.5 Å². The zero-order valence-electron chi connectivity index (χ0n) is 18.2. The van der Waals surface area contributed by atoms with E-state index >= 15 is 0 Å². The van der Waals surface area contributed by atoms with Crippen molar-refractivity contribution in [1.82, 2.24) is 10.2 Å². The minimum atomic E-state index is 0.549. The molecule has 0 aromatic heterocycles. The Kier molecular flexibility index (Phi) is 7.79. The molecule has 2 aromatic carbocycles. The Hall–Kier alpha value is -2.93. The average Bonchev–Trinajstić information content (AvgIpc) is 2.79. The zero-order valence-corrected chi connectivity index (χ0v) is 18.2. The summed E-state index contributed by atoms with van der Waals surface area (Å²) in [5.74, 6) is 3.27. The van der Waals surface area contributed by atoms with Crippen LogP contribution in [0, 0.1) is 0 Å². The number of nitrogens with one attached hydrogen (secondary N) is 1. The van der Waals surface area contributed by atoms with E-state index in [0.717, 1.165) is 42.7 Å². The molecule has 0 bridgehead atoms. The van der Waals surface area contributed by atoms with Crippen molar-refractivity contribution in [2.24, 2.45) is 4.99 Å². The summed E-state index contributed by atoms with van der Waals surface area (Å²) >= 11 is 0. The Morgan fingerprint density at radius 1 is 1.00 bits per heavy atom. The predicted molar refractivity (Wildman–Crippen MR) is 118 cm³/mol. The summed E-state index contributed by atoms with van der Waals surface area (Å²) in [4.78, 5) is 6.74. The van der Waals surface area contributed by atoms with Crippen LogP contribution in [0.3, 0.4) is 0 Å². The molecule has 1 aliphatic heterocycles. The molecule has 1 N–H and O–H groups in total. The first-order valence-corrected chi connectivity index (χ1v) is 10.1. The number of benzene rings is 2. The first kappa shape index (κ1) is 21.8. The molecule has 0 amide bonds. The number of fused-ring (bicyclic) bond motifs is 1. The fourth-order valence-electron chi connectivity index (χ4n) is 3.52. The molecule has 0 saturated heterocycles. The smallest absolute Gasteiger partial charge is 0.194 e. The van der Waals surface area contributed by atoms with Crippen LogP contribution in [0.4, 0.5) is 0 Å². The molecule has 0 unspecified atom stereocenters. The number of ether oxygens (including phenoxy) is 4. The molecule has 0 spiro atoms. The van der Waals surface area contributed by atoms with Gasteiger partial charge in [-0.15, -0.1) is 0 Å². The van der Waals surface area contributed by atoms with Gasteiger partial charge < -0.3 is 29.2 Å². The zero-order chi connectivity index (χ0) is 21.3. The summed E-state index contributed by atoms with van der Waals surface area (Å²) in [5, 5.41) is 3.47. The van der Waals surface area contributed by atoms with E-state index in [1.54, 1.807) is 21.3 Å². The third-order valence-corrected chi connectivity index (χ3v) is 5.16. The van der Waals surface area contributed by atoms with Crippen LogP contribution in [0.1, 0.15) is 16.7 Å². The molecule has 7 nitrogen and oxygen atoms in total. The fourth-order valence-corrected chi connectivity index (χ4v) is 3.52. The molecule has 0 radical (unpaired) electrons. The van der Waals surface area contributed by atoms with Crippen LogP contribution >= 0.6 is 0 Å². The molecule has 0 atom stereocenters. The molecule has 1 heterocycles. The minimum absolute atomic E-state index is 0.549. The lowest BCUT2D eigenvalue weighted by Gasteiger charge is -2.32. The Bertz CT molecular complexity index is 852. The number of guanidine groups is 1. The second kappa shape index (κ2) is 10.7. The van der Waals surface area contributed by atoms with E-state index in [2.05, 4.69) is 39.5 Å². The van der Waals surface area contributed by atoms with Crippen LogP contribution < -0.4 is 19.5 Å². The maximum absolute atomic E-state index is 5.62. The number of hydrogen-bond acceptors (Lipinski definition) is 5. The maximum Gasteiger partial charge on any atom is 0.194 e. The van der Waals surface area contributed by atoms with Gasteiger partial charge in [0, 0.05) is 33.8 Å². The first-order valence-electron chi connectivity index (χ1n) is 10.1.